The number of aryl methyl sites for hydroxylation is 1. The van der Waals surface area contributed by atoms with Crippen molar-refractivity contribution >= 4 is 5.97 Å². The molecule has 88 valence electrons. The van der Waals surface area contributed by atoms with E-state index in [1.807, 2.05) is 13.0 Å². The normalized spacial score (nSPS) is 12.1. The second kappa shape index (κ2) is 6.10. The standard InChI is InChI=1S/C12H17NO3/c1-10(16-11(2)14)6-5-9-13-8-4-3-7-12(13)15/h3-4,7-8,10H,5-6,9H2,1-2H3. The fraction of sp³-hybridized carbons (Fsp3) is 0.500. The van der Waals surface area contributed by atoms with Crippen LogP contribution in [0.2, 0.25) is 0 Å². The molecule has 16 heavy (non-hydrogen) atoms. The molecule has 1 aromatic rings. The number of ether oxygens (including phenoxy) is 1. The average molecular weight is 223 g/mol. The van der Waals surface area contributed by atoms with Gasteiger partial charge >= 0.3 is 5.97 Å². The monoisotopic (exact) mass is 223 g/mol. The summed E-state index contributed by atoms with van der Waals surface area (Å²) in [5.41, 5.74) is 0.00244. The summed E-state index contributed by atoms with van der Waals surface area (Å²) in [6, 6.07) is 5.09. The van der Waals surface area contributed by atoms with Crippen molar-refractivity contribution in [3.63, 3.8) is 0 Å². The Balaban J connectivity index is 2.33. The average Bonchev–Trinajstić information content (AvgIpc) is 2.19. The zero-order valence-corrected chi connectivity index (χ0v) is 9.68. The van der Waals surface area contributed by atoms with Crippen molar-refractivity contribution in [2.24, 2.45) is 0 Å². The van der Waals surface area contributed by atoms with Gasteiger partial charge in [0.15, 0.2) is 0 Å². The maximum absolute atomic E-state index is 11.4. The number of aromatic nitrogens is 1. The molecule has 0 radical (unpaired) electrons. The molecule has 1 unspecified atom stereocenters. The molecule has 0 bridgehead atoms. The van der Waals surface area contributed by atoms with Gasteiger partial charge in [0.25, 0.3) is 0 Å². The molecule has 0 saturated heterocycles. The smallest absolute Gasteiger partial charge is 0.302 e. The number of hydrogen-bond donors (Lipinski definition) is 0. The Bertz CT molecular complexity index is 397. The van der Waals surface area contributed by atoms with Crippen molar-refractivity contribution in [2.45, 2.75) is 39.3 Å². The molecule has 0 aliphatic carbocycles. The van der Waals surface area contributed by atoms with E-state index >= 15 is 0 Å². The molecule has 0 saturated carbocycles. The molecule has 0 aliphatic heterocycles. The van der Waals surface area contributed by atoms with Crippen LogP contribution in [0.1, 0.15) is 26.7 Å². The lowest BCUT2D eigenvalue weighted by atomic mass is 10.2. The Morgan fingerprint density at radius 2 is 2.25 bits per heavy atom. The largest absolute Gasteiger partial charge is 0.463 e. The molecule has 4 nitrogen and oxygen atoms in total. The van der Waals surface area contributed by atoms with Gasteiger partial charge in [0, 0.05) is 25.7 Å². The SMILES string of the molecule is CC(=O)OC(C)CCCn1ccccc1=O. The first-order chi connectivity index (χ1) is 7.59. The van der Waals surface area contributed by atoms with E-state index in [2.05, 4.69) is 0 Å². The lowest BCUT2D eigenvalue weighted by molar-refractivity contribution is -0.145. The van der Waals surface area contributed by atoms with Crippen LogP contribution in [0.25, 0.3) is 0 Å². The lowest BCUT2D eigenvalue weighted by Gasteiger charge is -2.11. The Labute approximate surface area is 94.9 Å². The Morgan fingerprint density at radius 1 is 1.50 bits per heavy atom. The van der Waals surface area contributed by atoms with E-state index in [0.717, 1.165) is 12.8 Å². The third-order valence-corrected chi connectivity index (χ3v) is 2.28. The molecule has 1 aromatic heterocycles. The van der Waals surface area contributed by atoms with Crippen LogP contribution in [0, 0.1) is 0 Å². The van der Waals surface area contributed by atoms with E-state index in [0.29, 0.717) is 6.54 Å². The van der Waals surface area contributed by atoms with Gasteiger partial charge < -0.3 is 9.30 Å². The molecule has 4 heteroatoms. The van der Waals surface area contributed by atoms with Gasteiger partial charge in [-0.2, -0.15) is 0 Å². The summed E-state index contributed by atoms with van der Waals surface area (Å²) in [5, 5.41) is 0. The number of pyridine rings is 1. The summed E-state index contributed by atoms with van der Waals surface area (Å²) in [7, 11) is 0. The van der Waals surface area contributed by atoms with Gasteiger partial charge in [-0.3, -0.25) is 9.59 Å². The molecular formula is C12H17NO3. The number of nitrogens with zero attached hydrogens (tertiary/aromatic N) is 1. The molecular weight excluding hydrogens is 206 g/mol. The van der Waals surface area contributed by atoms with Crippen molar-refractivity contribution in [3.8, 4) is 0 Å². The highest BCUT2D eigenvalue weighted by molar-refractivity contribution is 5.66. The maximum Gasteiger partial charge on any atom is 0.302 e. The van der Waals surface area contributed by atoms with Crippen LogP contribution in [0.3, 0.4) is 0 Å². The third-order valence-electron chi connectivity index (χ3n) is 2.28. The fourth-order valence-corrected chi connectivity index (χ4v) is 1.54. The number of esters is 1. The van der Waals surface area contributed by atoms with E-state index in [4.69, 9.17) is 4.74 Å². The van der Waals surface area contributed by atoms with Crippen LogP contribution in [-0.2, 0) is 16.1 Å². The Kier molecular flexibility index (Phi) is 4.76. The third kappa shape index (κ3) is 4.29. The number of carbonyl (C=O) groups excluding carboxylic acids is 1. The van der Waals surface area contributed by atoms with Crippen LogP contribution in [-0.4, -0.2) is 16.6 Å². The summed E-state index contributed by atoms with van der Waals surface area (Å²) in [6.07, 6.45) is 3.26. The second-order valence-corrected chi connectivity index (χ2v) is 3.79. The minimum atomic E-state index is -0.260. The van der Waals surface area contributed by atoms with E-state index in [1.54, 1.807) is 16.8 Å². The van der Waals surface area contributed by atoms with E-state index in [-0.39, 0.29) is 17.6 Å². The van der Waals surface area contributed by atoms with Gasteiger partial charge in [0.05, 0.1) is 6.10 Å². The first-order valence-electron chi connectivity index (χ1n) is 5.42. The quantitative estimate of drug-likeness (QED) is 0.712. The van der Waals surface area contributed by atoms with Gasteiger partial charge in [0.1, 0.15) is 0 Å². The Morgan fingerprint density at radius 3 is 2.88 bits per heavy atom. The van der Waals surface area contributed by atoms with E-state index in [9.17, 15) is 9.59 Å². The van der Waals surface area contributed by atoms with Crippen LogP contribution < -0.4 is 5.56 Å². The van der Waals surface area contributed by atoms with E-state index < -0.39 is 0 Å². The molecule has 0 aromatic carbocycles. The first-order valence-corrected chi connectivity index (χ1v) is 5.42. The summed E-state index contributed by atoms with van der Waals surface area (Å²) >= 11 is 0. The molecule has 1 rings (SSSR count). The number of rotatable bonds is 5. The molecule has 1 atom stereocenters. The first kappa shape index (κ1) is 12.5. The predicted molar refractivity (Wildman–Crippen MR) is 61.2 cm³/mol. The topological polar surface area (TPSA) is 48.3 Å². The number of carbonyl (C=O) groups is 1. The van der Waals surface area contributed by atoms with Crippen LogP contribution in [0.15, 0.2) is 29.2 Å². The van der Waals surface area contributed by atoms with Gasteiger partial charge in [0.2, 0.25) is 5.56 Å². The van der Waals surface area contributed by atoms with Crippen molar-refractivity contribution in [1.29, 1.82) is 0 Å². The summed E-state index contributed by atoms with van der Waals surface area (Å²) in [5.74, 6) is -0.260. The van der Waals surface area contributed by atoms with Crippen LogP contribution in [0.5, 0.6) is 0 Å². The van der Waals surface area contributed by atoms with Crippen molar-refractivity contribution < 1.29 is 9.53 Å². The molecule has 0 amide bonds. The van der Waals surface area contributed by atoms with Crippen molar-refractivity contribution in [1.82, 2.24) is 4.57 Å². The molecule has 1 heterocycles. The number of hydrogen-bond acceptors (Lipinski definition) is 3. The molecule has 0 fully saturated rings. The zero-order chi connectivity index (χ0) is 12.0. The highest BCUT2D eigenvalue weighted by Gasteiger charge is 2.04. The predicted octanol–water partition coefficient (Wildman–Crippen LogP) is 1.58. The maximum atomic E-state index is 11.4. The van der Waals surface area contributed by atoms with Gasteiger partial charge in [-0.1, -0.05) is 6.07 Å². The van der Waals surface area contributed by atoms with Gasteiger partial charge in [-0.05, 0) is 25.8 Å². The molecule has 0 N–H and O–H groups in total. The van der Waals surface area contributed by atoms with E-state index in [1.165, 1.54) is 13.0 Å². The molecule has 0 spiro atoms. The summed E-state index contributed by atoms with van der Waals surface area (Å²) in [6.45, 7) is 3.92. The van der Waals surface area contributed by atoms with Crippen LogP contribution >= 0.6 is 0 Å². The summed E-state index contributed by atoms with van der Waals surface area (Å²) in [4.78, 5) is 22.0. The zero-order valence-electron chi connectivity index (χ0n) is 9.68. The van der Waals surface area contributed by atoms with Crippen molar-refractivity contribution in [2.75, 3.05) is 0 Å². The van der Waals surface area contributed by atoms with Gasteiger partial charge in [-0.25, -0.2) is 0 Å². The molecule has 0 aliphatic rings. The minimum absolute atomic E-state index is 0.00244. The highest BCUT2D eigenvalue weighted by atomic mass is 16.5. The van der Waals surface area contributed by atoms with Gasteiger partial charge in [-0.15, -0.1) is 0 Å². The van der Waals surface area contributed by atoms with Crippen molar-refractivity contribution in [3.05, 3.63) is 34.7 Å². The minimum Gasteiger partial charge on any atom is -0.463 e. The van der Waals surface area contributed by atoms with Crippen LogP contribution in [0.4, 0.5) is 0 Å². The highest BCUT2D eigenvalue weighted by Crippen LogP contribution is 2.03. The summed E-state index contributed by atoms with van der Waals surface area (Å²) < 4.78 is 6.65. The fourth-order valence-electron chi connectivity index (χ4n) is 1.54. The Hall–Kier alpha value is -1.58. The second-order valence-electron chi connectivity index (χ2n) is 3.79. The lowest BCUT2D eigenvalue weighted by Crippen LogP contribution is -2.19.